The summed E-state index contributed by atoms with van der Waals surface area (Å²) < 4.78 is 5.94. The van der Waals surface area contributed by atoms with Gasteiger partial charge in [-0.15, -0.1) is 0 Å². The van der Waals surface area contributed by atoms with E-state index in [-0.39, 0.29) is 30.2 Å². The summed E-state index contributed by atoms with van der Waals surface area (Å²) in [6.45, 7) is 5.73. The van der Waals surface area contributed by atoms with Crippen molar-refractivity contribution in [2.45, 2.75) is 26.8 Å². The standard InChI is InChI=1S/C22H21NO4/c1-12-4-6-15(7-5-12)19-18-20(25)17-14(3)10-13(2)11-16(17)27-21(18)22(26)23(19)8-9-24/h4-7,10-11,19,24H,8-9H2,1-3H3. The Morgan fingerprint density at radius 2 is 1.74 bits per heavy atom. The van der Waals surface area contributed by atoms with Gasteiger partial charge in [0.25, 0.3) is 5.91 Å². The van der Waals surface area contributed by atoms with E-state index >= 15 is 0 Å². The number of nitrogens with zero attached hydrogens (tertiary/aromatic N) is 1. The maximum absolute atomic E-state index is 13.4. The SMILES string of the molecule is Cc1ccc(C2c3c(oc4cc(C)cc(C)c4c3=O)C(=O)N2CCO)cc1. The van der Waals surface area contributed by atoms with Crippen LogP contribution >= 0.6 is 0 Å². The predicted molar refractivity (Wildman–Crippen MR) is 103 cm³/mol. The van der Waals surface area contributed by atoms with Gasteiger partial charge in [-0.05, 0) is 43.5 Å². The molecule has 2 aromatic carbocycles. The average Bonchev–Trinajstić information content (AvgIpc) is 2.88. The van der Waals surface area contributed by atoms with E-state index in [4.69, 9.17) is 4.42 Å². The second-order valence-corrected chi connectivity index (χ2v) is 7.16. The van der Waals surface area contributed by atoms with Crippen molar-refractivity contribution in [1.82, 2.24) is 4.90 Å². The second kappa shape index (κ2) is 6.35. The minimum atomic E-state index is -0.554. The summed E-state index contributed by atoms with van der Waals surface area (Å²) in [6, 6.07) is 10.9. The third-order valence-corrected chi connectivity index (χ3v) is 5.15. The Morgan fingerprint density at radius 3 is 2.41 bits per heavy atom. The number of benzene rings is 2. The van der Waals surface area contributed by atoms with Crippen LogP contribution in [-0.4, -0.2) is 29.1 Å². The molecule has 0 bridgehead atoms. The number of aliphatic hydroxyl groups is 1. The van der Waals surface area contributed by atoms with Crippen LogP contribution in [0.15, 0.2) is 45.6 Å². The van der Waals surface area contributed by atoms with Gasteiger partial charge >= 0.3 is 0 Å². The number of aryl methyl sites for hydroxylation is 3. The van der Waals surface area contributed by atoms with E-state index in [0.29, 0.717) is 16.5 Å². The Kier molecular flexibility index (Phi) is 4.12. The van der Waals surface area contributed by atoms with Crippen LogP contribution in [-0.2, 0) is 0 Å². The zero-order chi connectivity index (χ0) is 19.3. The first-order valence-corrected chi connectivity index (χ1v) is 8.98. The molecule has 5 heteroatoms. The number of β-amino-alcohol motifs (C(OH)–C–C–N with tert-alkyl or cyclic N) is 1. The van der Waals surface area contributed by atoms with Crippen LogP contribution in [0.25, 0.3) is 11.0 Å². The lowest BCUT2D eigenvalue weighted by Gasteiger charge is -2.24. The van der Waals surface area contributed by atoms with Gasteiger partial charge in [0.15, 0.2) is 5.43 Å². The van der Waals surface area contributed by atoms with Gasteiger partial charge in [0, 0.05) is 6.54 Å². The van der Waals surface area contributed by atoms with Gasteiger partial charge in [0.05, 0.1) is 23.6 Å². The number of carbonyl (C=O) groups excluding carboxylic acids is 1. The number of amides is 1. The number of hydrogen-bond donors (Lipinski definition) is 1. The van der Waals surface area contributed by atoms with E-state index in [1.165, 1.54) is 4.90 Å². The predicted octanol–water partition coefficient (Wildman–Crippen LogP) is 3.26. The van der Waals surface area contributed by atoms with E-state index in [1.807, 2.05) is 51.1 Å². The third kappa shape index (κ3) is 2.66. The molecule has 0 fully saturated rings. The Hall–Kier alpha value is -2.92. The maximum Gasteiger partial charge on any atom is 0.290 e. The Balaban J connectivity index is 2.04. The van der Waals surface area contributed by atoms with E-state index in [0.717, 1.165) is 22.3 Å². The van der Waals surface area contributed by atoms with Gasteiger partial charge in [0.1, 0.15) is 5.58 Å². The summed E-state index contributed by atoms with van der Waals surface area (Å²) in [5, 5.41) is 9.98. The molecule has 0 aliphatic carbocycles. The van der Waals surface area contributed by atoms with Crippen LogP contribution in [0.2, 0.25) is 0 Å². The van der Waals surface area contributed by atoms with Crippen molar-refractivity contribution in [2.75, 3.05) is 13.2 Å². The summed E-state index contributed by atoms with van der Waals surface area (Å²) in [7, 11) is 0. The first-order valence-electron chi connectivity index (χ1n) is 8.98. The van der Waals surface area contributed by atoms with Gasteiger partial charge in [-0.3, -0.25) is 9.59 Å². The lowest BCUT2D eigenvalue weighted by Crippen LogP contribution is -2.32. The van der Waals surface area contributed by atoms with Gasteiger partial charge in [-0.1, -0.05) is 35.9 Å². The molecule has 0 spiro atoms. The Morgan fingerprint density at radius 1 is 1.04 bits per heavy atom. The third-order valence-electron chi connectivity index (χ3n) is 5.15. The van der Waals surface area contributed by atoms with Crippen molar-refractivity contribution in [2.24, 2.45) is 0 Å². The fraction of sp³-hybridized carbons (Fsp3) is 0.273. The lowest BCUT2D eigenvalue weighted by molar-refractivity contribution is 0.0691. The molecule has 3 aromatic rings. The van der Waals surface area contributed by atoms with E-state index in [2.05, 4.69) is 0 Å². The number of fused-ring (bicyclic) bond motifs is 2. The lowest BCUT2D eigenvalue weighted by atomic mass is 9.96. The first-order chi connectivity index (χ1) is 12.9. The highest BCUT2D eigenvalue weighted by atomic mass is 16.3. The van der Waals surface area contributed by atoms with Gasteiger partial charge in [-0.25, -0.2) is 0 Å². The monoisotopic (exact) mass is 363 g/mol. The maximum atomic E-state index is 13.4. The number of rotatable bonds is 3. The van der Waals surface area contributed by atoms with Crippen LogP contribution in [0.1, 0.15) is 44.4 Å². The van der Waals surface area contributed by atoms with E-state index in [9.17, 15) is 14.7 Å². The van der Waals surface area contributed by atoms with Crippen LogP contribution in [0, 0.1) is 20.8 Å². The number of hydrogen-bond acceptors (Lipinski definition) is 4. The molecule has 0 saturated carbocycles. The fourth-order valence-corrected chi connectivity index (χ4v) is 3.95. The minimum absolute atomic E-state index is 0.0801. The number of carbonyl (C=O) groups is 1. The molecule has 1 N–H and O–H groups in total. The molecule has 1 atom stereocenters. The van der Waals surface area contributed by atoms with E-state index in [1.54, 1.807) is 6.07 Å². The van der Waals surface area contributed by atoms with Gasteiger partial charge in [0.2, 0.25) is 5.76 Å². The van der Waals surface area contributed by atoms with Crippen LogP contribution in [0.3, 0.4) is 0 Å². The molecular formula is C22H21NO4. The summed E-state index contributed by atoms with van der Waals surface area (Å²) in [5.41, 5.74) is 4.33. The highest BCUT2D eigenvalue weighted by molar-refractivity contribution is 5.99. The fourth-order valence-electron chi connectivity index (χ4n) is 3.95. The topological polar surface area (TPSA) is 70.8 Å². The molecule has 138 valence electrons. The molecule has 0 saturated heterocycles. The van der Waals surface area contributed by atoms with Crippen molar-refractivity contribution >= 4 is 16.9 Å². The largest absolute Gasteiger partial charge is 0.450 e. The molecule has 0 radical (unpaired) electrons. The van der Waals surface area contributed by atoms with Crippen molar-refractivity contribution in [1.29, 1.82) is 0 Å². The van der Waals surface area contributed by atoms with Crippen LogP contribution in [0.5, 0.6) is 0 Å². The smallest absolute Gasteiger partial charge is 0.290 e. The Labute approximate surface area is 156 Å². The van der Waals surface area contributed by atoms with Gasteiger partial charge in [-0.2, -0.15) is 0 Å². The summed E-state index contributed by atoms with van der Waals surface area (Å²) in [6.07, 6.45) is 0. The zero-order valence-electron chi connectivity index (χ0n) is 15.6. The average molecular weight is 363 g/mol. The molecule has 5 nitrogen and oxygen atoms in total. The molecule has 1 aliphatic rings. The molecule has 1 aliphatic heterocycles. The van der Waals surface area contributed by atoms with Crippen molar-refractivity contribution in [3.63, 3.8) is 0 Å². The van der Waals surface area contributed by atoms with Gasteiger partial charge < -0.3 is 14.4 Å². The summed E-state index contributed by atoms with van der Waals surface area (Å²) in [4.78, 5) is 27.9. The summed E-state index contributed by atoms with van der Waals surface area (Å²) >= 11 is 0. The zero-order valence-corrected chi connectivity index (χ0v) is 15.6. The Bertz CT molecular complexity index is 1110. The molecule has 4 rings (SSSR count). The molecule has 2 heterocycles. The second-order valence-electron chi connectivity index (χ2n) is 7.16. The first kappa shape index (κ1) is 17.5. The van der Waals surface area contributed by atoms with E-state index < -0.39 is 6.04 Å². The highest BCUT2D eigenvalue weighted by Crippen LogP contribution is 2.38. The van der Waals surface area contributed by atoms with Crippen molar-refractivity contribution in [3.05, 3.63) is 80.2 Å². The molecule has 1 unspecified atom stereocenters. The molecule has 1 aromatic heterocycles. The normalized spacial score (nSPS) is 16.2. The summed E-state index contributed by atoms with van der Waals surface area (Å²) in [5.74, 6) is -0.278. The van der Waals surface area contributed by atoms with Crippen molar-refractivity contribution in [3.8, 4) is 0 Å². The van der Waals surface area contributed by atoms with Crippen LogP contribution < -0.4 is 5.43 Å². The van der Waals surface area contributed by atoms with Crippen molar-refractivity contribution < 1.29 is 14.3 Å². The minimum Gasteiger partial charge on any atom is -0.450 e. The van der Waals surface area contributed by atoms with Crippen LogP contribution in [0.4, 0.5) is 0 Å². The quantitative estimate of drug-likeness (QED) is 0.775. The molecule has 1 amide bonds. The molecule has 27 heavy (non-hydrogen) atoms. The number of aliphatic hydroxyl groups excluding tert-OH is 1. The highest BCUT2D eigenvalue weighted by Gasteiger charge is 2.42. The molecular weight excluding hydrogens is 342 g/mol.